The van der Waals surface area contributed by atoms with Gasteiger partial charge in [-0.2, -0.15) is 0 Å². The number of hydrogen-bond acceptors (Lipinski definition) is 4. The van der Waals surface area contributed by atoms with Gasteiger partial charge in [-0.05, 0) is 17.9 Å². The maximum absolute atomic E-state index is 6.10. The van der Waals surface area contributed by atoms with Gasteiger partial charge < -0.3 is 5.73 Å². The molecule has 0 saturated carbocycles. The number of rotatable bonds is 5. The Kier molecular flexibility index (Phi) is 4.09. The fourth-order valence-corrected chi connectivity index (χ4v) is 3.24. The van der Waals surface area contributed by atoms with E-state index in [1.54, 1.807) is 22.7 Å². The highest BCUT2D eigenvalue weighted by Gasteiger charge is 2.11. The molecule has 0 radical (unpaired) electrons. The van der Waals surface area contributed by atoms with E-state index in [-0.39, 0.29) is 6.04 Å². The Morgan fingerprint density at radius 2 is 2.31 bits per heavy atom. The zero-order chi connectivity index (χ0) is 11.4. The minimum atomic E-state index is 0.102. The highest BCUT2D eigenvalue weighted by Crippen LogP contribution is 2.30. The van der Waals surface area contributed by atoms with Crippen molar-refractivity contribution in [2.24, 2.45) is 5.73 Å². The first-order chi connectivity index (χ1) is 7.81. The molecular weight excluding hydrogens is 236 g/mol. The fraction of sp³-hybridized carbons (Fsp3) is 0.417. The smallest absolute Gasteiger partial charge is 0.133 e. The molecule has 2 N–H and O–H groups in total. The third-order valence-corrected chi connectivity index (χ3v) is 4.40. The Hall–Kier alpha value is -0.710. The number of hydrogen-bond donors (Lipinski definition) is 1. The second kappa shape index (κ2) is 5.57. The molecule has 2 heterocycles. The van der Waals surface area contributed by atoms with Crippen molar-refractivity contribution >= 4 is 22.7 Å². The maximum Gasteiger partial charge on any atom is 0.133 e. The van der Waals surface area contributed by atoms with Gasteiger partial charge in [-0.15, -0.1) is 22.7 Å². The van der Waals surface area contributed by atoms with E-state index in [0.29, 0.717) is 0 Å². The maximum atomic E-state index is 6.10. The van der Waals surface area contributed by atoms with Crippen molar-refractivity contribution in [3.63, 3.8) is 0 Å². The zero-order valence-electron chi connectivity index (χ0n) is 9.35. The molecular formula is C12H16N2S2. The van der Waals surface area contributed by atoms with Gasteiger partial charge >= 0.3 is 0 Å². The van der Waals surface area contributed by atoms with Crippen LogP contribution in [0.4, 0.5) is 0 Å². The van der Waals surface area contributed by atoms with E-state index in [9.17, 15) is 0 Å². The second-order valence-electron chi connectivity index (χ2n) is 3.80. The van der Waals surface area contributed by atoms with Crippen molar-refractivity contribution in [1.82, 2.24) is 4.98 Å². The van der Waals surface area contributed by atoms with Crippen LogP contribution in [0.1, 0.15) is 37.9 Å². The number of thiazole rings is 1. The third kappa shape index (κ3) is 2.70. The predicted molar refractivity (Wildman–Crippen MR) is 71.9 cm³/mol. The summed E-state index contributed by atoms with van der Waals surface area (Å²) in [6, 6.07) is 4.26. The summed E-state index contributed by atoms with van der Waals surface area (Å²) in [5.41, 5.74) is 7.14. The minimum Gasteiger partial charge on any atom is -0.323 e. The number of aromatic nitrogens is 1. The summed E-state index contributed by atoms with van der Waals surface area (Å²) in [7, 11) is 0. The van der Waals surface area contributed by atoms with Crippen molar-refractivity contribution in [2.45, 2.75) is 32.2 Å². The van der Waals surface area contributed by atoms with Gasteiger partial charge in [-0.25, -0.2) is 4.98 Å². The molecule has 2 aromatic rings. The molecule has 0 saturated heterocycles. The van der Waals surface area contributed by atoms with Crippen molar-refractivity contribution in [1.29, 1.82) is 0 Å². The van der Waals surface area contributed by atoms with Crippen LogP contribution in [0.5, 0.6) is 0 Å². The molecule has 16 heavy (non-hydrogen) atoms. The number of unbranched alkanes of at least 4 members (excludes halogenated alkanes) is 1. The van der Waals surface area contributed by atoms with Crippen LogP contribution in [0.3, 0.4) is 0 Å². The van der Waals surface area contributed by atoms with Gasteiger partial charge in [0.15, 0.2) is 0 Å². The molecule has 2 aromatic heterocycles. The quantitative estimate of drug-likeness (QED) is 0.871. The average molecular weight is 252 g/mol. The predicted octanol–water partition coefficient (Wildman–Crippen LogP) is 4.06. The lowest BCUT2D eigenvalue weighted by Crippen LogP contribution is -2.10. The summed E-state index contributed by atoms with van der Waals surface area (Å²) in [4.78, 5) is 5.84. The van der Waals surface area contributed by atoms with Gasteiger partial charge in [-0.3, -0.25) is 0 Å². The molecule has 86 valence electrons. The zero-order valence-corrected chi connectivity index (χ0v) is 11.0. The number of nitrogens with zero attached hydrogens (tertiary/aromatic N) is 1. The van der Waals surface area contributed by atoms with Crippen LogP contribution in [0, 0.1) is 0 Å². The van der Waals surface area contributed by atoms with Crippen LogP contribution in [-0.2, 0) is 0 Å². The Morgan fingerprint density at radius 1 is 1.44 bits per heavy atom. The van der Waals surface area contributed by atoms with Crippen LogP contribution in [-0.4, -0.2) is 4.98 Å². The molecule has 4 heteroatoms. The lowest BCUT2D eigenvalue weighted by molar-refractivity contribution is 0.593. The molecule has 2 rings (SSSR count). The fourth-order valence-electron chi connectivity index (χ4n) is 1.54. The van der Waals surface area contributed by atoms with E-state index in [4.69, 9.17) is 5.73 Å². The monoisotopic (exact) mass is 252 g/mol. The Morgan fingerprint density at radius 3 is 3.00 bits per heavy atom. The van der Waals surface area contributed by atoms with Crippen LogP contribution in [0.15, 0.2) is 22.9 Å². The standard InChI is InChI=1S/C12H16N2S2/c1-2-3-5-9(13)10-8-16-12(14-10)11-6-4-7-15-11/h4,6-9H,2-3,5,13H2,1H3. The SMILES string of the molecule is CCCCC(N)c1csc(-c2cccs2)n1. The van der Waals surface area contributed by atoms with Gasteiger partial charge in [-0.1, -0.05) is 25.8 Å². The number of thiophene rings is 1. The lowest BCUT2D eigenvalue weighted by Gasteiger charge is -2.06. The van der Waals surface area contributed by atoms with E-state index in [0.717, 1.165) is 17.1 Å². The Balaban J connectivity index is 2.07. The average Bonchev–Trinajstić information content (AvgIpc) is 2.94. The molecule has 0 spiro atoms. The van der Waals surface area contributed by atoms with Crippen molar-refractivity contribution in [3.05, 3.63) is 28.6 Å². The molecule has 1 unspecified atom stereocenters. The Labute approximate surface area is 104 Å². The molecule has 1 atom stereocenters. The number of nitrogens with two attached hydrogens (primary N) is 1. The van der Waals surface area contributed by atoms with Gasteiger partial charge in [0.2, 0.25) is 0 Å². The first-order valence-electron chi connectivity index (χ1n) is 5.56. The van der Waals surface area contributed by atoms with Crippen molar-refractivity contribution in [2.75, 3.05) is 0 Å². The van der Waals surface area contributed by atoms with Crippen molar-refractivity contribution < 1.29 is 0 Å². The summed E-state index contributed by atoms with van der Waals surface area (Å²) in [5.74, 6) is 0. The topological polar surface area (TPSA) is 38.9 Å². The largest absolute Gasteiger partial charge is 0.323 e. The first-order valence-corrected chi connectivity index (χ1v) is 7.32. The molecule has 0 aliphatic carbocycles. The first kappa shape index (κ1) is 11.8. The highest BCUT2D eigenvalue weighted by molar-refractivity contribution is 7.20. The summed E-state index contributed by atoms with van der Waals surface area (Å²) in [6.45, 7) is 2.19. The molecule has 0 bridgehead atoms. The molecule has 0 amide bonds. The summed E-state index contributed by atoms with van der Waals surface area (Å²) >= 11 is 3.41. The van der Waals surface area contributed by atoms with E-state index in [1.807, 2.05) is 0 Å². The Bertz CT molecular complexity index is 420. The van der Waals surface area contributed by atoms with E-state index in [1.165, 1.54) is 17.7 Å². The van der Waals surface area contributed by atoms with Crippen LogP contribution < -0.4 is 5.73 Å². The molecule has 0 aromatic carbocycles. The van der Waals surface area contributed by atoms with Gasteiger partial charge in [0.1, 0.15) is 5.01 Å². The third-order valence-electron chi connectivity index (χ3n) is 2.50. The molecule has 0 aliphatic rings. The summed E-state index contributed by atoms with van der Waals surface area (Å²) < 4.78 is 0. The second-order valence-corrected chi connectivity index (χ2v) is 5.61. The normalized spacial score (nSPS) is 12.9. The molecule has 2 nitrogen and oxygen atoms in total. The van der Waals surface area contributed by atoms with E-state index < -0.39 is 0 Å². The van der Waals surface area contributed by atoms with Crippen LogP contribution >= 0.6 is 22.7 Å². The lowest BCUT2D eigenvalue weighted by atomic mass is 10.1. The summed E-state index contributed by atoms with van der Waals surface area (Å²) in [6.07, 6.45) is 3.40. The van der Waals surface area contributed by atoms with Crippen LogP contribution in [0.25, 0.3) is 9.88 Å². The van der Waals surface area contributed by atoms with Gasteiger partial charge in [0.05, 0.1) is 10.6 Å². The van der Waals surface area contributed by atoms with E-state index >= 15 is 0 Å². The van der Waals surface area contributed by atoms with Gasteiger partial charge in [0.25, 0.3) is 0 Å². The minimum absolute atomic E-state index is 0.102. The van der Waals surface area contributed by atoms with Crippen LogP contribution in [0.2, 0.25) is 0 Å². The van der Waals surface area contributed by atoms with E-state index in [2.05, 4.69) is 34.8 Å². The molecule has 0 aliphatic heterocycles. The van der Waals surface area contributed by atoms with Crippen molar-refractivity contribution in [3.8, 4) is 9.88 Å². The van der Waals surface area contributed by atoms with Gasteiger partial charge in [0, 0.05) is 11.4 Å². The highest BCUT2D eigenvalue weighted by atomic mass is 32.1. The summed E-state index contributed by atoms with van der Waals surface area (Å²) in [5, 5.41) is 5.26. The molecule has 0 fully saturated rings.